The predicted octanol–water partition coefficient (Wildman–Crippen LogP) is 7.12. The normalized spacial score (nSPS) is 10.7. The molecule has 0 heterocycles. The van der Waals surface area contributed by atoms with Crippen LogP contribution in [0.25, 0.3) is 21.5 Å². The van der Waals surface area contributed by atoms with Crippen LogP contribution >= 0.6 is 0 Å². The minimum absolute atomic E-state index is 0.558. The first-order chi connectivity index (χ1) is 20.8. The zero-order valence-corrected chi connectivity index (χ0v) is 24.1. The van der Waals surface area contributed by atoms with Crippen LogP contribution in [0.1, 0.15) is 33.4 Å². The van der Waals surface area contributed by atoms with Crippen LogP contribution in [0.2, 0.25) is 0 Å². The van der Waals surface area contributed by atoms with Gasteiger partial charge in [0.1, 0.15) is 0 Å². The highest BCUT2D eigenvalue weighted by Crippen LogP contribution is 2.32. The lowest BCUT2D eigenvalue weighted by molar-refractivity contribution is 0.0616. The van der Waals surface area contributed by atoms with Crippen molar-refractivity contribution in [3.63, 3.8) is 0 Å². The Kier molecular flexibility index (Phi) is 10.4. The van der Waals surface area contributed by atoms with E-state index in [-0.39, 0.29) is 0 Å². The molecule has 0 aliphatic heterocycles. The second-order valence-corrected chi connectivity index (χ2v) is 9.83. The van der Waals surface area contributed by atoms with E-state index in [4.69, 9.17) is 18.9 Å². The quantitative estimate of drug-likeness (QED) is 0.105. The summed E-state index contributed by atoms with van der Waals surface area (Å²) < 4.78 is 21.3. The highest BCUT2D eigenvalue weighted by atomic mass is 16.5. The van der Waals surface area contributed by atoms with Crippen LogP contribution in [0.4, 0.5) is 0 Å². The molecule has 0 spiro atoms. The first-order valence-corrected chi connectivity index (χ1v) is 14.1. The molecular formula is C38H34O4. The number of rotatable bonds is 10. The van der Waals surface area contributed by atoms with Crippen molar-refractivity contribution < 1.29 is 18.9 Å². The molecule has 42 heavy (non-hydrogen) atoms. The average molecular weight is 555 g/mol. The van der Waals surface area contributed by atoms with Crippen molar-refractivity contribution in [2.75, 3.05) is 40.6 Å². The predicted molar refractivity (Wildman–Crippen MR) is 169 cm³/mol. The summed E-state index contributed by atoms with van der Waals surface area (Å²) in [4.78, 5) is 0. The zero-order chi connectivity index (χ0) is 29.0. The van der Waals surface area contributed by atoms with E-state index in [2.05, 4.69) is 96.5 Å². The van der Waals surface area contributed by atoms with Crippen LogP contribution in [0.3, 0.4) is 0 Å². The van der Waals surface area contributed by atoms with Gasteiger partial charge in [0.15, 0.2) is 0 Å². The van der Waals surface area contributed by atoms with Gasteiger partial charge < -0.3 is 18.9 Å². The summed E-state index contributed by atoms with van der Waals surface area (Å²) in [6.45, 7) is 3.46. The van der Waals surface area contributed by atoms with Crippen molar-refractivity contribution in [2.45, 2.75) is 13.2 Å². The first-order valence-electron chi connectivity index (χ1n) is 14.1. The van der Waals surface area contributed by atoms with Gasteiger partial charge in [0, 0.05) is 36.5 Å². The van der Waals surface area contributed by atoms with Crippen LogP contribution in [0.15, 0.2) is 97.1 Å². The Bertz CT molecular complexity index is 1560. The van der Waals surface area contributed by atoms with Gasteiger partial charge in [0.25, 0.3) is 0 Å². The van der Waals surface area contributed by atoms with E-state index in [0.717, 1.165) is 54.9 Å². The third-order valence-electron chi connectivity index (χ3n) is 6.90. The van der Waals surface area contributed by atoms with Gasteiger partial charge in [-0.25, -0.2) is 0 Å². The SMILES string of the molecule is COCCOCc1ccc(C#Cc2c3ccccc3c(C#Cc3ccc(COCCOC)cc3)c3ccccc23)cc1. The van der Waals surface area contributed by atoms with Crippen LogP contribution in [-0.4, -0.2) is 40.6 Å². The van der Waals surface area contributed by atoms with Gasteiger partial charge in [0.05, 0.1) is 39.6 Å². The fourth-order valence-corrected chi connectivity index (χ4v) is 4.70. The highest BCUT2D eigenvalue weighted by molar-refractivity contribution is 6.09. The highest BCUT2D eigenvalue weighted by Gasteiger charge is 2.11. The van der Waals surface area contributed by atoms with Crippen LogP contribution in [-0.2, 0) is 32.2 Å². The zero-order valence-electron chi connectivity index (χ0n) is 24.1. The number of ether oxygens (including phenoxy) is 4. The Morgan fingerprint density at radius 2 is 0.786 bits per heavy atom. The molecule has 210 valence electrons. The maximum absolute atomic E-state index is 5.63. The molecule has 0 bridgehead atoms. The molecule has 0 amide bonds. The topological polar surface area (TPSA) is 36.9 Å². The standard InChI is InChI=1S/C38H34O4/c1-39-23-25-41-27-31-15-11-29(12-16-31)19-21-37-33-7-3-5-9-35(33)38(36-10-6-4-8-34(36)37)22-20-30-13-17-32(18-14-30)28-42-26-24-40-2/h3-18H,23-28H2,1-2H3. The summed E-state index contributed by atoms with van der Waals surface area (Å²) in [5, 5.41) is 4.39. The van der Waals surface area contributed by atoms with Crippen LogP contribution in [0, 0.1) is 23.7 Å². The summed E-state index contributed by atoms with van der Waals surface area (Å²) in [6, 6.07) is 33.2. The maximum Gasteiger partial charge on any atom is 0.0718 e. The molecule has 0 aromatic heterocycles. The van der Waals surface area contributed by atoms with E-state index < -0.39 is 0 Å². The lowest BCUT2D eigenvalue weighted by Gasteiger charge is -2.10. The second kappa shape index (κ2) is 15.0. The fraction of sp³-hybridized carbons (Fsp3) is 0.211. The molecule has 0 aliphatic carbocycles. The molecule has 0 fully saturated rings. The monoisotopic (exact) mass is 554 g/mol. The van der Waals surface area contributed by atoms with E-state index in [9.17, 15) is 0 Å². The smallest absolute Gasteiger partial charge is 0.0718 e. The van der Waals surface area contributed by atoms with E-state index >= 15 is 0 Å². The Hall–Kier alpha value is -4.42. The van der Waals surface area contributed by atoms with Gasteiger partial charge in [-0.2, -0.15) is 0 Å². The molecule has 0 saturated carbocycles. The lowest BCUT2D eigenvalue weighted by atomic mass is 9.92. The number of fused-ring (bicyclic) bond motifs is 2. The molecule has 0 radical (unpaired) electrons. The van der Waals surface area contributed by atoms with Gasteiger partial charge in [-0.15, -0.1) is 0 Å². The molecule has 0 saturated heterocycles. The van der Waals surface area contributed by atoms with E-state index in [1.807, 2.05) is 24.3 Å². The molecule has 0 unspecified atom stereocenters. The van der Waals surface area contributed by atoms with Crippen molar-refractivity contribution in [1.29, 1.82) is 0 Å². The number of hydrogen-bond donors (Lipinski definition) is 0. The van der Waals surface area contributed by atoms with Gasteiger partial charge in [-0.05, 0) is 56.9 Å². The maximum atomic E-state index is 5.63. The summed E-state index contributed by atoms with van der Waals surface area (Å²) in [5.74, 6) is 13.8. The number of methoxy groups -OCH3 is 2. The largest absolute Gasteiger partial charge is 0.382 e. The van der Waals surface area contributed by atoms with Gasteiger partial charge in [-0.3, -0.25) is 0 Å². The van der Waals surface area contributed by atoms with Crippen molar-refractivity contribution >= 4 is 21.5 Å². The molecule has 5 aromatic carbocycles. The van der Waals surface area contributed by atoms with E-state index in [1.165, 1.54) is 0 Å². The summed E-state index contributed by atoms with van der Waals surface area (Å²) in [5.41, 5.74) is 6.16. The summed E-state index contributed by atoms with van der Waals surface area (Å²) in [7, 11) is 3.35. The van der Waals surface area contributed by atoms with Gasteiger partial charge >= 0.3 is 0 Å². The molecule has 5 rings (SSSR count). The van der Waals surface area contributed by atoms with E-state index in [0.29, 0.717) is 39.6 Å². The van der Waals surface area contributed by atoms with Gasteiger partial charge in [0.2, 0.25) is 0 Å². The molecule has 0 N–H and O–H groups in total. The summed E-state index contributed by atoms with van der Waals surface area (Å²) in [6.07, 6.45) is 0. The third kappa shape index (κ3) is 7.45. The fourth-order valence-electron chi connectivity index (χ4n) is 4.70. The number of hydrogen-bond acceptors (Lipinski definition) is 4. The molecule has 4 nitrogen and oxygen atoms in total. The molecular weight excluding hydrogens is 520 g/mol. The Balaban J connectivity index is 1.44. The lowest BCUT2D eigenvalue weighted by Crippen LogP contribution is -2.01. The molecule has 0 aliphatic rings. The number of benzene rings is 5. The molecule has 4 heteroatoms. The van der Waals surface area contributed by atoms with Crippen molar-refractivity contribution in [3.05, 3.63) is 130 Å². The third-order valence-corrected chi connectivity index (χ3v) is 6.90. The summed E-state index contributed by atoms with van der Waals surface area (Å²) >= 11 is 0. The molecule has 5 aromatic rings. The van der Waals surface area contributed by atoms with Crippen molar-refractivity contribution in [1.82, 2.24) is 0 Å². The Morgan fingerprint density at radius 1 is 0.429 bits per heavy atom. The molecule has 0 atom stereocenters. The Labute approximate surface area is 248 Å². The Morgan fingerprint density at radius 3 is 1.12 bits per heavy atom. The van der Waals surface area contributed by atoms with Gasteiger partial charge in [-0.1, -0.05) is 96.5 Å². The van der Waals surface area contributed by atoms with E-state index in [1.54, 1.807) is 14.2 Å². The first kappa shape index (κ1) is 29.1. The minimum atomic E-state index is 0.558. The van der Waals surface area contributed by atoms with Crippen LogP contribution in [0.5, 0.6) is 0 Å². The second-order valence-electron chi connectivity index (χ2n) is 9.83. The van der Waals surface area contributed by atoms with Crippen molar-refractivity contribution in [3.8, 4) is 23.7 Å². The van der Waals surface area contributed by atoms with Crippen LogP contribution < -0.4 is 0 Å². The average Bonchev–Trinajstić information content (AvgIpc) is 3.04. The van der Waals surface area contributed by atoms with Crippen molar-refractivity contribution in [2.24, 2.45) is 0 Å². The minimum Gasteiger partial charge on any atom is -0.382 e.